The van der Waals surface area contributed by atoms with Crippen LogP contribution >= 0.6 is 0 Å². The summed E-state index contributed by atoms with van der Waals surface area (Å²) >= 11 is 0. The van der Waals surface area contributed by atoms with Crippen molar-refractivity contribution in [2.75, 3.05) is 32.0 Å². The molecular formula is C29H34FN5. The highest BCUT2D eigenvalue weighted by Gasteiger charge is 2.20. The number of rotatable bonds is 6. The van der Waals surface area contributed by atoms with Crippen LogP contribution in [-0.2, 0) is 0 Å². The normalized spacial score (nSPS) is 17.9. The molecule has 1 aliphatic heterocycles. The van der Waals surface area contributed by atoms with Gasteiger partial charge in [0.2, 0.25) is 0 Å². The number of nitrogens with one attached hydrogen (secondary N) is 1. The van der Waals surface area contributed by atoms with Crippen LogP contribution in [0.1, 0.15) is 62.0 Å². The smallest absolute Gasteiger partial charge is 0.141 e. The molecule has 182 valence electrons. The maximum atomic E-state index is 14.3. The van der Waals surface area contributed by atoms with Gasteiger partial charge in [0.25, 0.3) is 0 Å². The molecule has 1 saturated heterocycles. The summed E-state index contributed by atoms with van der Waals surface area (Å²) in [6, 6.07) is 17.3. The molecule has 5 rings (SSSR count). The third-order valence-corrected chi connectivity index (χ3v) is 7.72. The van der Waals surface area contributed by atoms with Crippen molar-refractivity contribution in [1.29, 1.82) is 5.26 Å². The van der Waals surface area contributed by atoms with Gasteiger partial charge in [0.15, 0.2) is 0 Å². The van der Waals surface area contributed by atoms with Gasteiger partial charge in [-0.05, 0) is 87.5 Å². The molecule has 6 heteroatoms. The Morgan fingerprint density at radius 2 is 1.74 bits per heavy atom. The summed E-state index contributed by atoms with van der Waals surface area (Å²) in [7, 11) is 2.19. The molecule has 3 aromatic rings. The van der Waals surface area contributed by atoms with Gasteiger partial charge < -0.3 is 10.2 Å². The van der Waals surface area contributed by atoms with Crippen LogP contribution in [0.3, 0.4) is 0 Å². The molecule has 5 nitrogen and oxygen atoms in total. The van der Waals surface area contributed by atoms with Gasteiger partial charge in [-0.1, -0.05) is 37.5 Å². The molecule has 0 bridgehead atoms. The number of piperidine rings is 1. The van der Waals surface area contributed by atoms with Crippen LogP contribution in [0.4, 0.5) is 10.2 Å². The van der Waals surface area contributed by atoms with E-state index in [2.05, 4.69) is 41.5 Å². The van der Waals surface area contributed by atoms with Gasteiger partial charge in [0, 0.05) is 18.2 Å². The Morgan fingerprint density at radius 3 is 2.43 bits per heavy atom. The lowest BCUT2D eigenvalue weighted by molar-refractivity contribution is 0.255. The van der Waals surface area contributed by atoms with Gasteiger partial charge in [0.05, 0.1) is 16.9 Å². The first-order chi connectivity index (χ1) is 17.1. The minimum absolute atomic E-state index is 0.0494. The molecule has 0 amide bonds. The van der Waals surface area contributed by atoms with Gasteiger partial charge in [-0.3, -0.25) is 0 Å². The summed E-state index contributed by atoms with van der Waals surface area (Å²) in [5.41, 5.74) is 3.80. The van der Waals surface area contributed by atoms with Crippen molar-refractivity contribution in [3.8, 4) is 23.0 Å². The standard InChI is InChI=1S/C29H34FN5/c1-34-15-13-23(14-16-34)22-9-11-26(12-10-22)35-29(32-20-21-5-3-2-4-6-21)18-28(33-35)24-7-8-25(19-31)27(30)17-24/h7-12,17-18,21,23,32H,2-6,13-16,20H2,1H3. The Labute approximate surface area is 207 Å². The van der Waals surface area contributed by atoms with Crippen molar-refractivity contribution in [2.45, 2.75) is 50.9 Å². The van der Waals surface area contributed by atoms with Crippen molar-refractivity contribution in [3.63, 3.8) is 0 Å². The Balaban J connectivity index is 1.42. The highest BCUT2D eigenvalue weighted by atomic mass is 19.1. The fourth-order valence-electron chi connectivity index (χ4n) is 5.48. The SMILES string of the molecule is CN1CCC(c2ccc(-n3nc(-c4ccc(C#N)c(F)c4)cc3NCC3CCCCC3)cc2)CC1. The van der Waals surface area contributed by atoms with Gasteiger partial charge in [0.1, 0.15) is 17.7 Å². The summed E-state index contributed by atoms with van der Waals surface area (Å²) < 4.78 is 16.3. The second-order valence-electron chi connectivity index (χ2n) is 10.2. The number of nitrogens with zero attached hydrogens (tertiary/aromatic N) is 4. The minimum Gasteiger partial charge on any atom is -0.370 e. The Bertz CT molecular complexity index is 1180. The minimum atomic E-state index is -0.515. The van der Waals surface area contributed by atoms with E-state index in [1.54, 1.807) is 6.07 Å². The predicted molar refractivity (Wildman–Crippen MR) is 138 cm³/mol. The molecule has 0 radical (unpaired) electrons. The van der Waals surface area contributed by atoms with Crippen molar-refractivity contribution in [2.24, 2.45) is 5.92 Å². The van der Waals surface area contributed by atoms with E-state index in [0.29, 0.717) is 23.1 Å². The van der Waals surface area contributed by atoms with Gasteiger partial charge in [-0.15, -0.1) is 0 Å². The third kappa shape index (κ3) is 5.41. The van der Waals surface area contributed by atoms with Crippen molar-refractivity contribution < 1.29 is 4.39 Å². The lowest BCUT2D eigenvalue weighted by atomic mass is 9.89. The first kappa shape index (κ1) is 23.6. The van der Waals surface area contributed by atoms with E-state index in [9.17, 15) is 4.39 Å². The Morgan fingerprint density at radius 1 is 1.00 bits per heavy atom. The van der Waals surface area contributed by atoms with Crippen LogP contribution in [-0.4, -0.2) is 41.4 Å². The van der Waals surface area contributed by atoms with Crippen molar-refractivity contribution in [3.05, 3.63) is 65.5 Å². The predicted octanol–water partition coefficient (Wildman–Crippen LogP) is 6.35. The topological polar surface area (TPSA) is 56.9 Å². The zero-order valence-electron chi connectivity index (χ0n) is 20.5. The summed E-state index contributed by atoms with van der Waals surface area (Å²) in [4.78, 5) is 2.40. The first-order valence-corrected chi connectivity index (χ1v) is 12.9. The molecule has 2 fully saturated rings. The largest absolute Gasteiger partial charge is 0.370 e. The summed E-state index contributed by atoms with van der Waals surface area (Å²) in [5.74, 6) is 1.69. The number of hydrogen-bond donors (Lipinski definition) is 1. The van der Waals surface area contributed by atoms with E-state index in [0.717, 1.165) is 31.1 Å². The number of benzene rings is 2. The summed E-state index contributed by atoms with van der Waals surface area (Å²) in [6.07, 6.45) is 8.87. The molecule has 1 N–H and O–H groups in total. The number of anilines is 1. The highest BCUT2D eigenvalue weighted by Crippen LogP contribution is 2.31. The number of hydrogen-bond acceptors (Lipinski definition) is 4. The molecule has 0 atom stereocenters. The monoisotopic (exact) mass is 471 g/mol. The number of aromatic nitrogens is 2. The van der Waals surface area contributed by atoms with E-state index >= 15 is 0 Å². The molecule has 0 unspecified atom stereocenters. The van der Waals surface area contributed by atoms with E-state index in [1.165, 1.54) is 62.6 Å². The number of halogens is 1. The molecule has 1 aromatic heterocycles. The molecule has 2 aliphatic rings. The summed E-state index contributed by atoms with van der Waals surface area (Å²) in [5, 5.41) is 17.6. The van der Waals surface area contributed by atoms with E-state index in [1.807, 2.05) is 16.8 Å². The number of likely N-dealkylation sites (tertiary alicyclic amines) is 1. The van der Waals surface area contributed by atoms with Gasteiger partial charge >= 0.3 is 0 Å². The van der Waals surface area contributed by atoms with Crippen molar-refractivity contribution >= 4 is 5.82 Å². The molecular weight excluding hydrogens is 437 g/mol. The van der Waals surface area contributed by atoms with Crippen LogP contribution < -0.4 is 5.32 Å². The molecule has 2 aromatic carbocycles. The highest BCUT2D eigenvalue weighted by molar-refractivity contribution is 5.65. The zero-order chi connectivity index (χ0) is 24.2. The molecule has 1 aliphatic carbocycles. The second-order valence-corrected chi connectivity index (χ2v) is 10.2. The van der Waals surface area contributed by atoms with Crippen LogP contribution in [0.5, 0.6) is 0 Å². The van der Waals surface area contributed by atoms with Gasteiger partial charge in [-0.2, -0.15) is 10.4 Å². The average Bonchev–Trinajstić information content (AvgIpc) is 3.33. The third-order valence-electron chi connectivity index (χ3n) is 7.72. The molecule has 35 heavy (non-hydrogen) atoms. The van der Waals surface area contributed by atoms with E-state index < -0.39 is 5.82 Å². The molecule has 2 heterocycles. The van der Waals surface area contributed by atoms with Gasteiger partial charge in [-0.25, -0.2) is 9.07 Å². The molecule has 0 spiro atoms. The van der Waals surface area contributed by atoms with E-state index in [4.69, 9.17) is 10.4 Å². The summed E-state index contributed by atoms with van der Waals surface area (Å²) in [6.45, 7) is 3.21. The van der Waals surface area contributed by atoms with E-state index in [-0.39, 0.29) is 5.56 Å². The first-order valence-electron chi connectivity index (χ1n) is 12.9. The fourth-order valence-corrected chi connectivity index (χ4v) is 5.48. The number of nitriles is 1. The lowest BCUT2D eigenvalue weighted by Gasteiger charge is -2.29. The molecule has 1 saturated carbocycles. The lowest BCUT2D eigenvalue weighted by Crippen LogP contribution is -2.29. The zero-order valence-corrected chi connectivity index (χ0v) is 20.5. The second kappa shape index (κ2) is 10.6. The maximum Gasteiger partial charge on any atom is 0.141 e. The Hall–Kier alpha value is -3.17. The van der Waals surface area contributed by atoms with Crippen LogP contribution in [0.25, 0.3) is 16.9 Å². The maximum absolute atomic E-state index is 14.3. The quantitative estimate of drug-likeness (QED) is 0.455. The van der Waals surface area contributed by atoms with Crippen LogP contribution in [0.15, 0.2) is 48.5 Å². The average molecular weight is 472 g/mol. The Kier molecular flexibility index (Phi) is 7.15. The van der Waals surface area contributed by atoms with Crippen molar-refractivity contribution in [1.82, 2.24) is 14.7 Å². The fraction of sp³-hybridized carbons (Fsp3) is 0.448. The van der Waals surface area contributed by atoms with Crippen LogP contribution in [0, 0.1) is 23.1 Å². The van der Waals surface area contributed by atoms with Crippen LogP contribution in [0.2, 0.25) is 0 Å².